The van der Waals surface area contributed by atoms with E-state index in [9.17, 15) is 0 Å². The Balaban J connectivity index is 1.52. The average molecular weight is 374 g/mol. The molecule has 0 aromatic carbocycles. The summed E-state index contributed by atoms with van der Waals surface area (Å²) in [7, 11) is 0. The van der Waals surface area contributed by atoms with E-state index < -0.39 is 0 Å². The van der Waals surface area contributed by atoms with E-state index in [1.165, 1.54) is 51.4 Å². The molecule has 0 unspecified atom stereocenters. The van der Waals surface area contributed by atoms with Crippen molar-refractivity contribution < 1.29 is 0 Å². The van der Waals surface area contributed by atoms with Gasteiger partial charge in [0.1, 0.15) is 9.53 Å². The highest BCUT2D eigenvalue weighted by molar-refractivity contribution is 14.1. The van der Waals surface area contributed by atoms with Gasteiger partial charge in [-0.1, -0.05) is 6.92 Å². The van der Waals surface area contributed by atoms with E-state index in [1.807, 2.05) is 0 Å². The third kappa shape index (κ3) is 3.31. The Kier molecular flexibility index (Phi) is 4.44. The van der Waals surface area contributed by atoms with Crippen LogP contribution in [0.1, 0.15) is 25.6 Å². The fourth-order valence-corrected chi connectivity index (χ4v) is 3.89. The predicted molar refractivity (Wildman–Crippen MR) is 85.1 cm³/mol. The molecule has 0 atom stereocenters. The molecule has 0 amide bonds. The van der Waals surface area contributed by atoms with E-state index in [0.717, 1.165) is 22.7 Å². The molecule has 2 aliphatic rings. The Morgan fingerprint density at radius 2 is 2.00 bits per heavy atom. The van der Waals surface area contributed by atoms with Crippen LogP contribution in [0.15, 0.2) is 6.20 Å². The lowest BCUT2D eigenvalue weighted by atomic mass is 9.96. The quantitative estimate of drug-likeness (QED) is 0.757. The normalized spacial score (nSPS) is 22.6. The number of imidazole rings is 1. The Hall–Kier alpha value is -0.140. The number of hydrogen-bond acceptors (Lipinski definition) is 3. The molecule has 0 saturated carbocycles. The number of hydrogen-bond donors (Lipinski definition) is 0. The van der Waals surface area contributed by atoms with Crippen LogP contribution in [0, 0.1) is 9.62 Å². The van der Waals surface area contributed by atoms with Crippen molar-refractivity contribution in [1.82, 2.24) is 19.4 Å². The zero-order valence-corrected chi connectivity index (χ0v) is 13.8. The predicted octanol–water partition coefficient (Wildman–Crippen LogP) is 2.04. The van der Waals surface area contributed by atoms with Gasteiger partial charge in [0, 0.05) is 25.8 Å². The summed E-state index contributed by atoms with van der Waals surface area (Å²) in [5.74, 6) is 2.14. The molecule has 0 aliphatic carbocycles. The summed E-state index contributed by atoms with van der Waals surface area (Å²) in [5.41, 5.74) is 0. The SMILES string of the molecule is CCN1CCC(CN2CCn3cc(I)nc3C2)CC1. The molecule has 1 saturated heterocycles. The number of piperidine rings is 1. The van der Waals surface area contributed by atoms with Gasteiger partial charge in [-0.3, -0.25) is 4.90 Å². The first-order chi connectivity index (χ1) is 9.24. The van der Waals surface area contributed by atoms with Gasteiger partial charge < -0.3 is 9.47 Å². The molecule has 3 rings (SSSR count). The summed E-state index contributed by atoms with van der Waals surface area (Å²) < 4.78 is 3.45. The molecule has 1 fully saturated rings. The molecule has 106 valence electrons. The largest absolute Gasteiger partial charge is 0.331 e. The van der Waals surface area contributed by atoms with Crippen LogP contribution in [-0.4, -0.2) is 52.1 Å². The van der Waals surface area contributed by atoms with Crippen molar-refractivity contribution in [3.63, 3.8) is 0 Å². The second-order valence-corrected chi connectivity index (χ2v) is 6.89. The molecule has 5 heteroatoms. The van der Waals surface area contributed by atoms with Gasteiger partial charge in [0.15, 0.2) is 0 Å². The summed E-state index contributed by atoms with van der Waals surface area (Å²) in [6.07, 6.45) is 4.92. The van der Waals surface area contributed by atoms with Gasteiger partial charge in [-0.2, -0.15) is 0 Å². The van der Waals surface area contributed by atoms with Crippen molar-refractivity contribution in [1.29, 1.82) is 0 Å². The van der Waals surface area contributed by atoms with Crippen molar-refractivity contribution >= 4 is 22.6 Å². The molecule has 0 bridgehead atoms. The van der Waals surface area contributed by atoms with Gasteiger partial charge in [-0.15, -0.1) is 0 Å². The maximum Gasteiger partial charge on any atom is 0.124 e. The number of rotatable bonds is 3. The van der Waals surface area contributed by atoms with Crippen LogP contribution in [0.2, 0.25) is 0 Å². The first-order valence-corrected chi connectivity index (χ1v) is 8.48. The van der Waals surface area contributed by atoms with Crippen LogP contribution in [0.5, 0.6) is 0 Å². The van der Waals surface area contributed by atoms with Gasteiger partial charge >= 0.3 is 0 Å². The summed E-state index contributed by atoms with van der Waals surface area (Å²) in [6.45, 7) is 10.7. The molecule has 0 spiro atoms. The zero-order valence-electron chi connectivity index (χ0n) is 11.7. The van der Waals surface area contributed by atoms with Gasteiger partial charge in [-0.25, -0.2) is 4.98 Å². The van der Waals surface area contributed by atoms with E-state index in [4.69, 9.17) is 0 Å². The summed E-state index contributed by atoms with van der Waals surface area (Å²) in [5, 5.41) is 0. The van der Waals surface area contributed by atoms with Crippen LogP contribution in [0.3, 0.4) is 0 Å². The van der Waals surface area contributed by atoms with Gasteiger partial charge in [-0.05, 0) is 61.0 Å². The fourth-order valence-electron chi connectivity index (χ4n) is 3.27. The highest BCUT2D eigenvalue weighted by Crippen LogP contribution is 2.21. The Morgan fingerprint density at radius 3 is 2.74 bits per heavy atom. The number of nitrogens with zero attached hydrogens (tertiary/aromatic N) is 4. The minimum absolute atomic E-state index is 0.892. The minimum atomic E-state index is 0.892. The smallest absolute Gasteiger partial charge is 0.124 e. The third-order valence-corrected chi connectivity index (χ3v) is 5.04. The molecule has 19 heavy (non-hydrogen) atoms. The highest BCUT2D eigenvalue weighted by atomic mass is 127. The van der Waals surface area contributed by atoms with Crippen molar-refractivity contribution in [3.8, 4) is 0 Å². The monoisotopic (exact) mass is 374 g/mol. The number of likely N-dealkylation sites (tertiary alicyclic amines) is 1. The number of aromatic nitrogens is 2. The van der Waals surface area contributed by atoms with Crippen molar-refractivity contribution in [2.24, 2.45) is 5.92 Å². The van der Waals surface area contributed by atoms with Crippen LogP contribution in [-0.2, 0) is 13.1 Å². The van der Waals surface area contributed by atoms with E-state index in [0.29, 0.717) is 0 Å². The molecule has 2 aliphatic heterocycles. The Morgan fingerprint density at radius 1 is 1.21 bits per heavy atom. The number of fused-ring (bicyclic) bond motifs is 1. The van der Waals surface area contributed by atoms with Crippen molar-refractivity contribution in [2.75, 3.05) is 32.7 Å². The third-order valence-electron chi connectivity index (χ3n) is 4.52. The van der Waals surface area contributed by atoms with E-state index in [1.54, 1.807) is 0 Å². The average Bonchev–Trinajstić information content (AvgIpc) is 2.79. The standard InChI is InChI=1S/C14H23IN4/c1-2-17-5-3-12(4-6-17)9-18-7-8-19-10-13(15)16-14(19)11-18/h10,12H,2-9,11H2,1H3. The van der Waals surface area contributed by atoms with Gasteiger partial charge in [0.25, 0.3) is 0 Å². The van der Waals surface area contributed by atoms with Gasteiger partial charge in [0.2, 0.25) is 0 Å². The minimum Gasteiger partial charge on any atom is -0.331 e. The lowest BCUT2D eigenvalue weighted by Gasteiger charge is -2.35. The first kappa shape index (κ1) is 13.8. The second-order valence-electron chi connectivity index (χ2n) is 5.79. The van der Waals surface area contributed by atoms with Crippen molar-refractivity contribution in [3.05, 3.63) is 15.7 Å². The summed E-state index contributed by atoms with van der Waals surface area (Å²) >= 11 is 2.31. The molecule has 0 N–H and O–H groups in total. The molecule has 3 heterocycles. The summed E-state index contributed by atoms with van der Waals surface area (Å²) in [4.78, 5) is 9.79. The Bertz CT molecular complexity index is 423. The van der Waals surface area contributed by atoms with E-state index >= 15 is 0 Å². The molecule has 1 aromatic heterocycles. The van der Waals surface area contributed by atoms with E-state index in [2.05, 4.69) is 55.1 Å². The van der Waals surface area contributed by atoms with Crippen molar-refractivity contribution in [2.45, 2.75) is 32.9 Å². The van der Waals surface area contributed by atoms with Crippen LogP contribution in [0.25, 0.3) is 0 Å². The summed E-state index contributed by atoms with van der Waals surface area (Å²) in [6, 6.07) is 0. The lowest BCUT2D eigenvalue weighted by Crippen LogP contribution is -2.41. The molecule has 1 aromatic rings. The topological polar surface area (TPSA) is 24.3 Å². The molecular weight excluding hydrogens is 351 g/mol. The Labute approximate surface area is 129 Å². The second kappa shape index (κ2) is 6.10. The maximum atomic E-state index is 4.62. The molecule has 0 radical (unpaired) electrons. The van der Waals surface area contributed by atoms with Crippen LogP contribution < -0.4 is 0 Å². The highest BCUT2D eigenvalue weighted by Gasteiger charge is 2.23. The molecular formula is C14H23IN4. The fraction of sp³-hybridized carbons (Fsp3) is 0.786. The van der Waals surface area contributed by atoms with Gasteiger partial charge in [0.05, 0.1) is 6.54 Å². The van der Waals surface area contributed by atoms with E-state index in [-0.39, 0.29) is 0 Å². The van der Waals surface area contributed by atoms with Crippen LogP contribution in [0.4, 0.5) is 0 Å². The first-order valence-electron chi connectivity index (χ1n) is 7.41. The maximum absolute atomic E-state index is 4.62. The van der Waals surface area contributed by atoms with Crippen LogP contribution >= 0.6 is 22.6 Å². The number of halogens is 1. The lowest BCUT2D eigenvalue weighted by molar-refractivity contribution is 0.129. The molecule has 4 nitrogen and oxygen atoms in total. The zero-order chi connectivity index (χ0) is 13.2.